The zero-order valence-corrected chi connectivity index (χ0v) is 17.4. The van der Waals surface area contributed by atoms with Gasteiger partial charge in [-0.1, -0.05) is 18.6 Å². The number of carbonyl (C=O) groups is 2. The summed E-state index contributed by atoms with van der Waals surface area (Å²) in [6, 6.07) is 6.27. The number of aromatic hydroxyl groups is 1. The maximum absolute atomic E-state index is 13.0. The SMILES string of the molecule is CCOC(=O)c1c(NC(=O)c2cc3cccc(O)c3oc2=N)sc2c1CCCCC2. The molecule has 2 aromatic heterocycles. The van der Waals surface area contributed by atoms with Gasteiger partial charge in [0.1, 0.15) is 10.6 Å². The fourth-order valence-corrected chi connectivity index (χ4v) is 5.01. The third kappa shape index (κ3) is 3.70. The number of hydrogen-bond donors (Lipinski definition) is 3. The van der Waals surface area contributed by atoms with Crippen LogP contribution < -0.4 is 10.9 Å². The number of phenolic OH excluding ortho intramolecular Hbond substituents is 1. The smallest absolute Gasteiger partial charge is 0.341 e. The molecule has 3 N–H and O–H groups in total. The van der Waals surface area contributed by atoms with Crippen LogP contribution in [0.25, 0.3) is 11.0 Å². The summed E-state index contributed by atoms with van der Waals surface area (Å²) < 4.78 is 10.6. The van der Waals surface area contributed by atoms with Gasteiger partial charge in [0.25, 0.3) is 5.91 Å². The zero-order chi connectivity index (χ0) is 21.3. The Kier molecular flexibility index (Phi) is 5.59. The number of anilines is 1. The van der Waals surface area contributed by atoms with Crippen molar-refractivity contribution >= 4 is 39.2 Å². The minimum Gasteiger partial charge on any atom is -0.504 e. The van der Waals surface area contributed by atoms with Crippen molar-refractivity contribution in [1.29, 1.82) is 5.41 Å². The Morgan fingerprint density at radius 3 is 2.87 bits per heavy atom. The number of esters is 1. The molecule has 0 aliphatic heterocycles. The van der Waals surface area contributed by atoms with Gasteiger partial charge < -0.3 is 19.6 Å². The fraction of sp³-hybridized carbons (Fsp3) is 0.318. The van der Waals surface area contributed by atoms with E-state index in [0.29, 0.717) is 16.0 Å². The number of para-hydroxylation sites is 1. The molecule has 30 heavy (non-hydrogen) atoms. The van der Waals surface area contributed by atoms with E-state index in [1.165, 1.54) is 23.5 Å². The summed E-state index contributed by atoms with van der Waals surface area (Å²) in [4.78, 5) is 26.7. The number of rotatable bonds is 4. The number of thiophene rings is 1. The van der Waals surface area contributed by atoms with Gasteiger partial charge in [0, 0.05) is 10.3 Å². The molecule has 0 spiro atoms. The zero-order valence-electron chi connectivity index (χ0n) is 16.5. The Morgan fingerprint density at radius 1 is 1.27 bits per heavy atom. The van der Waals surface area contributed by atoms with E-state index in [-0.39, 0.29) is 29.1 Å². The Bertz CT molecular complexity index is 1190. The molecule has 1 amide bonds. The highest BCUT2D eigenvalue weighted by molar-refractivity contribution is 7.17. The van der Waals surface area contributed by atoms with Gasteiger partial charge in [-0.3, -0.25) is 10.2 Å². The van der Waals surface area contributed by atoms with Gasteiger partial charge in [-0.05, 0) is 50.3 Å². The largest absolute Gasteiger partial charge is 0.504 e. The Morgan fingerprint density at radius 2 is 2.07 bits per heavy atom. The van der Waals surface area contributed by atoms with Crippen molar-refractivity contribution < 1.29 is 23.8 Å². The highest BCUT2D eigenvalue weighted by Crippen LogP contribution is 2.38. The van der Waals surface area contributed by atoms with Crippen LogP contribution >= 0.6 is 11.3 Å². The van der Waals surface area contributed by atoms with Crippen molar-refractivity contribution in [2.24, 2.45) is 0 Å². The topological polar surface area (TPSA) is 113 Å². The summed E-state index contributed by atoms with van der Waals surface area (Å²) in [6.07, 6.45) is 4.81. The number of fused-ring (bicyclic) bond motifs is 2. The molecule has 0 radical (unpaired) electrons. The van der Waals surface area contributed by atoms with Crippen LogP contribution in [0.15, 0.2) is 28.7 Å². The maximum atomic E-state index is 13.0. The molecule has 0 saturated heterocycles. The van der Waals surface area contributed by atoms with E-state index in [1.54, 1.807) is 19.1 Å². The van der Waals surface area contributed by atoms with Crippen LogP contribution in [-0.4, -0.2) is 23.6 Å². The third-order valence-corrected chi connectivity index (χ3v) is 6.35. The van der Waals surface area contributed by atoms with Crippen LogP contribution in [0.5, 0.6) is 5.75 Å². The number of aryl methyl sites for hydroxylation is 1. The van der Waals surface area contributed by atoms with Crippen molar-refractivity contribution in [3.05, 3.63) is 51.4 Å². The molecule has 0 unspecified atom stereocenters. The molecule has 2 heterocycles. The van der Waals surface area contributed by atoms with Crippen LogP contribution in [0.3, 0.4) is 0 Å². The first-order chi connectivity index (χ1) is 14.5. The van der Waals surface area contributed by atoms with E-state index in [9.17, 15) is 14.7 Å². The maximum Gasteiger partial charge on any atom is 0.341 e. The van der Waals surface area contributed by atoms with Crippen LogP contribution in [0.1, 0.15) is 57.3 Å². The number of ether oxygens (including phenoxy) is 1. The molecule has 0 fully saturated rings. The molecule has 3 aromatic rings. The van der Waals surface area contributed by atoms with Gasteiger partial charge >= 0.3 is 5.97 Å². The van der Waals surface area contributed by atoms with E-state index in [4.69, 9.17) is 14.6 Å². The van der Waals surface area contributed by atoms with Crippen LogP contribution in [-0.2, 0) is 17.6 Å². The lowest BCUT2D eigenvalue weighted by molar-refractivity contribution is 0.0527. The number of phenols is 1. The van der Waals surface area contributed by atoms with E-state index < -0.39 is 11.9 Å². The predicted molar refractivity (Wildman–Crippen MR) is 113 cm³/mol. The predicted octanol–water partition coefficient (Wildman–Crippen LogP) is 4.38. The summed E-state index contributed by atoms with van der Waals surface area (Å²) in [5.41, 5.74) is 1.19. The number of benzene rings is 1. The number of carbonyl (C=O) groups excluding carboxylic acids is 2. The minimum atomic E-state index is -0.545. The van der Waals surface area contributed by atoms with Gasteiger partial charge in [0.2, 0.25) is 5.55 Å². The molecule has 7 nitrogen and oxygen atoms in total. The molecule has 1 aliphatic rings. The van der Waals surface area contributed by atoms with Gasteiger partial charge in [-0.15, -0.1) is 11.3 Å². The number of hydrogen-bond acceptors (Lipinski definition) is 7. The lowest BCUT2D eigenvalue weighted by Crippen LogP contribution is -2.21. The molecular weight excluding hydrogens is 404 g/mol. The molecule has 4 rings (SSSR count). The first kappa shape index (κ1) is 20.2. The van der Waals surface area contributed by atoms with Crippen molar-refractivity contribution in [1.82, 2.24) is 0 Å². The van der Waals surface area contributed by atoms with E-state index >= 15 is 0 Å². The molecule has 156 valence electrons. The van der Waals surface area contributed by atoms with Crippen molar-refractivity contribution in [3.8, 4) is 5.75 Å². The lowest BCUT2D eigenvalue weighted by Gasteiger charge is -2.09. The van der Waals surface area contributed by atoms with E-state index in [1.807, 2.05) is 0 Å². The van der Waals surface area contributed by atoms with E-state index in [2.05, 4.69) is 5.32 Å². The Labute approximate surface area is 176 Å². The quantitative estimate of drug-likeness (QED) is 0.423. The highest BCUT2D eigenvalue weighted by atomic mass is 32.1. The second kappa shape index (κ2) is 8.31. The first-order valence-electron chi connectivity index (χ1n) is 9.93. The highest BCUT2D eigenvalue weighted by Gasteiger charge is 2.27. The van der Waals surface area contributed by atoms with Crippen molar-refractivity contribution in [2.75, 3.05) is 11.9 Å². The molecule has 0 bridgehead atoms. The molecule has 0 atom stereocenters. The fourth-order valence-electron chi connectivity index (χ4n) is 3.73. The summed E-state index contributed by atoms with van der Waals surface area (Å²) >= 11 is 1.40. The monoisotopic (exact) mass is 426 g/mol. The summed E-state index contributed by atoms with van der Waals surface area (Å²) in [5.74, 6) is -1.08. The second-order valence-electron chi connectivity index (χ2n) is 7.13. The molecule has 1 aromatic carbocycles. The number of amides is 1. The van der Waals surface area contributed by atoms with Crippen LogP contribution in [0, 0.1) is 5.41 Å². The minimum absolute atomic E-state index is 0.0199. The van der Waals surface area contributed by atoms with Crippen molar-refractivity contribution in [2.45, 2.75) is 39.0 Å². The molecule has 0 saturated carbocycles. The Balaban J connectivity index is 1.73. The molecule has 1 aliphatic carbocycles. The Hall–Kier alpha value is -3.13. The van der Waals surface area contributed by atoms with Crippen molar-refractivity contribution in [3.63, 3.8) is 0 Å². The van der Waals surface area contributed by atoms with Gasteiger partial charge in [-0.25, -0.2) is 4.79 Å². The average Bonchev–Trinajstić information content (AvgIpc) is 2.88. The summed E-state index contributed by atoms with van der Waals surface area (Å²) in [5, 5.41) is 21.7. The first-order valence-corrected chi connectivity index (χ1v) is 10.7. The van der Waals surface area contributed by atoms with Gasteiger partial charge in [0.05, 0.1) is 12.2 Å². The normalized spacial score (nSPS) is 13.5. The third-order valence-electron chi connectivity index (χ3n) is 5.15. The standard InChI is InChI=1S/C22H22N2O5S/c1-2-28-22(27)17-13-8-4-3-5-10-16(13)30-21(17)24-20(26)14-11-12-7-6-9-15(25)18(12)29-19(14)23/h6-7,9,11,23,25H,2-5,8,10H2,1H3,(H,24,26). The van der Waals surface area contributed by atoms with Gasteiger partial charge in [-0.2, -0.15) is 0 Å². The average molecular weight is 426 g/mol. The summed E-state index contributed by atoms with van der Waals surface area (Å²) in [6.45, 7) is 2.00. The molecular formula is C22H22N2O5S. The second-order valence-corrected chi connectivity index (χ2v) is 8.23. The lowest BCUT2D eigenvalue weighted by atomic mass is 10.1. The van der Waals surface area contributed by atoms with Crippen LogP contribution in [0.4, 0.5) is 5.00 Å². The summed E-state index contributed by atoms with van der Waals surface area (Å²) in [7, 11) is 0. The molecule has 8 heteroatoms. The number of nitrogens with one attached hydrogen (secondary N) is 2. The van der Waals surface area contributed by atoms with Gasteiger partial charge in [0.15, 0.2) is 11.3 Å². The van der Waals surface area contributed by atoms with E-state index in [0.717, 1.165) is 42.5 Å². The van der Waals surface area contributed by atoms with Crippen LogP contribution in [0.2, 0.25) is 0 Å².